The Morgan fingerprint density at radius 3 is 2.40 bits per heavy atom. The van der Waals surface area contributed by atoms with Crippen LogP contribution in [-0.2, 0) is 10.1 Å². The number of hydrogen-bond acceptors (Lipinski definition) is 6. The summed E-state index contributed by atoms with van der Waals surface area (Å²) < 4.78 is 62.6. The van der Waals surface area contributed by atoms with Crippen molar-refractivity contribution in [2.45, 2.75) is 12.4 Å². The minimum absolute atomic E-state index is 0.227. The van der Waals surface area contributed by atoms with Gasteiger partial charge >= 0.3 is 15.6 Å². The van der Waals surface area contributed by atoms with E-state index in [1.807, 2.05) is 0 Å². The maximum atomic E-state index is 12.2. The molecular weight excluding hydrogens is 317 g/mol. The van der Waals surface area contributed by atoms with Gasteiger partial charge in [-0.2, -0.15) is 21.6 Å². The highest BCUT2D eigenvalue weighted by molar-refractivity contribution is 7.88. The smallest absolute Gasteiger partial charge is 0.354 e. The normalized spacial score (nSPS) is 12.4. The monoisotopic (exact) mass is 324 g/mol. The van der Waals surface area contributed by atoms with Gasteiger partial charge in [-0.05, 0) is 19.1 Å². The molecule has 0 bridgehead atoms. The Hall–Kier alpha value is -1.68. The SMILES string of the molecule is Cc1sc(-c2ccncc2)nc1OS(=O)(=O)C(F)(F)F. The number of pyridine rings is 1. The van der Waals surface area contributed by atoms with Crippen LogP contribution in [-0.4, -0.2) is 23.9 Å². The van der Waals surface area contributed by atoms with Crippen LogP contribution in [0.3, 0.4) is 0 Å². The van der Waals surface area contributed by atoms with Crippen molar-refractivity contribution >= 4 is 21.5 Å². The van der Waals surface area contributed by atoms with Crippen LogP contribution in [0.2, 0.25) is 0 Å². The molecule has 0 aliphatic rings. The van der Waals surface area contributed by atoms with Crippen LogP contribution in [0.1, 0.15) is 4.88 Å². The summed E-state index contributed by atoms with van der Waals surface area (Å²) in [4.78, 5) is 7.79. The Morgan fingerprint density at radius 1 is 1.25 bits per heavy atom. The van der Waals surface area contributed by atoms with Crippen molar-refractivity contribution in [3.8, 4) is 16.5 Å². The van der Waals surface area contributed by atoms with E-state index < -0.39 is 21.5 Å². The van der Waals surface area contributed by atoms with Crippen molar-refractivity contribution in [3.63, 3.8) is 0 Å². The largest absolute Gasteiger partial charge is 0.534 e. The summed E-state index contributed by atoms with van der Waals surface area (Å²) in [6.45, 7) is 1.42. The third kappa shape index (κ3) is 2.90. The first-order valence-electron chi connectivity index (χ1n) is 5.09. The predicted molar refractivity (Wildman–Crippen MR) is 65.7 cm³/mol. The van der Waals surface area contributed by atoms with E-state index in [9.17, 15) is 21.6 Å². The van der Waals surface area contributed by atoms with E-state index in [2.05, 4.69) is 14.2 Å². The average molecular weight is 324 g/mol. The number of aromatic nitrogens is 2. The summed E-state index contributed by atoms with van der Waals surface area (Å²) in [5.41, 5.74) is -4.88. The van der Waals surface area contributed by atoms with Crippen LogP contribution in [0.4, 0.5) is 13.2 Å². The van der Waals surface area contributed by atoms with Gasteiger partial charge in [-0.3, -0.25) is 4.98 Å². The van der Waals surface area contributed by atoms with Crippen molar-refractivity contribution in [3.05, 3.63) is 29.4 Å². The van der Waals surface area contributed by atoms with Crippen LogP contribution in [0.5, 0.6) is 5.88 Å². The quantitative estimate of drug-likeness (QED) is 0.641. The first-order chi connectivity index (χ1) is 9.21. The molecule has 20 heavy (non-hydrogen) atoms. The van der Waals surface area contributed by atoms with Crippen LogP contribution < -0.4 is 4.18 Å². The average Bonchev–Trinajstić information content (AvgIpc) is 2.70. The molecule has 0 amide bonds. The Bertz CT molecular complexity index is 711. The van der Waals surface area contributed by atoms with Crippen LogP contribution >= 0.6 is 11.3 Å². The van der Waals surface area contributed by atoms with Gasteiger partial charge in [0.25, 0.3) is 0 Å². The highest BCUT2D eigenvalue weighted by Gasteiger charge is 2.49. The third-order valence-electron chi connectivity index (χ3n) is 2.15. The van der Waals surface area contributed by atoms with E-state index in [0.29, 0.717) is 10.6 Å². The number of rotatable bonds is 3. The summed E-state index contributed by atoms with van der Waals surface area (Å²) >= 11 is 1.02. The molecule has 0 saturated heterocycles. The number of halogens is 3. The van der Waals surface area contributed by atoms with Crippen molar-refractivity contribution in [1.82, 2.24) is 9.97 Å². The molecule has 0 spiro atoms. The van der Waals surface area contributed by atoms with Gasteiger partial charge in [0.05, 0.1) is 4.88 Å². The zero-order chi connectivity index (χ0) is 15.0. The van der Waals surface area contributed by atoms with E-state index in [-0.39, 0.29) is 4.88 Å². The molecule has 0 radical (unpaired) electrons. The van der Waals surface area contributed by atoms with Gasteiger partial charge in [0.15, 0.2) is 0 Å². The zero-order valence-electron chi connectivity index (χ0n) is 9.88. The summed E-state index contributed by atoms with van der Waals surface area (Å²) in [5, 5.41) is 0.345. The maximum Gasteiger partial charge on any atom is 0.534 e. The van der Waals surface area contributed by atoms with Crippen molar-refractivity contribution in [2.75, 3.05) is 0 Å². The molecular formula is C10H7F3N2O3S2. The molecule has 0 unspecified atom stereocenters. The van der Waals surface area contributed by atoms with E-state index >= 15 is 0 Å². The minimum Gasteiger partial charge on any atom is -0.354 e. The number of hydrogen-bond donors (Lipinski definition) is 0. The second kappa shape index (κ2) is 5.02. The minimum atomic E-state index is -5.71. The number of alkyl halides is 3. The molecule has 108 valence electrons. The van der Waals surface area contributed by atoms with Crippen molar-refractivity contribution in [2.24, 2.45) is 0 Å². The lowest BCUT2D eigenvalue weighted by Crippen LogP contribution is -2.28. The molecule has 2 rings (SSSR count). The lowest BCUT2D eigenvalue weighted by atomic mass is 10.3. The zero-order valence-corrected chi connectivity index (χ0v) is 11.5. The maximum absolute atomic E-state index is 12.2. The Balaban J connectivity index is 2.35. The molecule has 0 aliphatic carbocycles. The molecule has 0 aliphatic heterocycles. The van der Waals surface area contributed by atoms with E-state index in [4.69, 9.17) is 0 Å². The highest BCUT2D eigenvalue weighted by atomic mass is 32.2. The second-order valence-electron chi connectivity index (χ2n) is 3.60. The molecule has 2 aromatic heterocycles. The van der Waals surface area contributed by atoms with E-state index in [0.717, 1.165) is 11.3 Å². The van der Waals surface area contributed by atoms with Gasteiger partial charge < -0.3 is 4.18 Å². The molecule has 10 heteroatoms. The van der Waals surface area contributed by atoms with Gasteiger partial charge in [0, 0.05) is 18.0 Å². The molecule has 2 aromatic rings. The van der Waals surface area contributed by atoms with Crippen molar-refractivity contribution in [1.29, 1.82) is 0 Å². The fourth-order valence-electron chi connectivity index (χ4n) is 1.23. The molecule has 0 saturated carbocycles. The lowest BCUT2D eigenvalue weighted by molar-refractivity contribution is -0.0501. The lowest BCUT2D eigenvalue weighted by Gasteiger charge is -2.07. The van der Waals surface area contributed by atoms with Gasteiger partial charge in [-0.15, -0.1) is 11.3 Å². The molecule has 0 fully saturated rings. The highest BCUT2D eigenvalue weighted by Crippen LogP contribution is 2.34. The van der Waals surface area contributed by atoms with Gasteiger partial charge in [0.2, 0.25) is 5.88 Å². The van der Waals surface area contributed by atoms with Crippen molar-refractivity contribution < 1.29 is 25.8 Å². The van der Waals surface area contributed by atoms with Gasteiger partial charge in [-0.1, -0.05) is 0 Å². The fourth-order valence-corrected chi connectivity index (χ4v) is 2.59. The fraction of sp³-hybridized carbons (Fsp3) is 0.200. The Labute approximate surface area is 116 Å². The third-order valence-corrected chi connectivity index (χ3v) is 4.10. The predicted octanol–water partition coefficient (Wildman–Crippen LogP) is 2.74. The van der Waals surface area contributed by atoms with Gasteiger partial charge in [-0.25, -0.2) is 4.98 Å². The molecule has 5 nitrogen and oxygen atoms in total. The van der Waals surface area contributed by atoms with Crippen LogP contribution in [0.15, 0.2) is 24.5 Å². The topological polar surface area (TPSA) is 69.2 Å². The van der Waals surface area contributed by atoms with E-state index in [1.165, 1.54) is 19.3 Å². The first-order valence-corrected chi connectivity index (χ1v) is 7.32. The standard InChI is InChI=1S/C10H7F3N2O3S2/c1-6-8(18-20(16,17)10(11,12)13)15-9(19-6)7-2-4-14-5-3-7/h2-5H,1H3. The second-order valence-corrected chi connectivity index (χ2v) is 6.34. The Morgan fingerprint density at radius 2 is 1.85 bits per heavy atom. The number of aryl methyl sites for hydroxylation is 1. The molecule has 0 N–H and O–H groups in total. The summed E-state index contributed by atoms with van der Waals surface area (Å²) in [7, 11) is -5.71. The van der Waals surface area contributed by atoms with Crippen LogP contribution in [0, 0.1) is 6.92 Å². The molecule has 2 heterocycles. The van der Waals surface area contributed by atoms with Gasteiger partial charge in [0.1, 0.15) is 5.01 Å². The van der Waals surface area contributed by atoms with Crippen LogP contribution in [0.25, 0.3) is 10.6 Å². The summed E-state index contributed by atoms with van der Waals surface area (Å²) in [6.07, 6.45) is 2.97. The number of nitrogens with zero attached hydrogens (tertiary/aromatic N) is 2. The Kier molecular flexibility index (Phi) is 3.69. The molecule has 0 atom stereocenters. The summed E-state index contributed by atoms with van der Waals surface area (Å²) in [6, 6.07) is 3.20. The molecule has 0 aromatic carbocycles. The summed E-state index contributed by atoms with van der Waals surface area (Å²) in [5.74, 6) is -0.570. The number of thiazole rings is 1. The first kappa shape index (κ1) is 14.7. The van der Waals surface area contributed by atoms with E-state index in [1.54, 1.807) is 12.1 Å².